The summed E-state index contributed by atoms with van der Waals surface area (Å²) in [6.45, 7) is 6.06. The Kier molecular flexibility index (Phi) is 8.35. The zero-order valence-electron chi connectivity index (χ0n) is 17.7. The first kappa shape index (κ1) is 23.3. The van der Waals surface area contributed by atoms with Crippen LogP contribution in [0.1, 0.15) is 29.3 Å². The summed E-state index contributed by atoms with van der Waals surface area (Å²) in [6.07, 6.45) is 3.19. The molecule has 0 amide bonds. The van der Waals surface area contributed by atoms with Gasteiger partial charge in [-0.3, -0.25) is 0 Å². The van der Waals surface area contributed by atoms with Crippen LogP contribution in [0.25, 0.3) is 11.3 Å². The Morgan fingerprint density at radius 1 is 1.13 bits per heavy atom. The molecule has 0 aliphatic carbocycles. The lowest BCUT2D eigenvalue weighted by Crippen LogP contribution is -2.24. The normalized spacial score (nSPS) is 11.0. The summed E-state index contributed by atoms with van der Waals surface area (Å²) in [6, 6.07) is 12.2. The largest absolute Gasteiger partial charge is 0.495 e. The molecule has 160 valence electrons. The maximum Gasteiger partial charge on any atom is 0.186 e. The lowest BCUT2D eigenvalue weighted by molar-refractivity contribution is 0.415. The van der Waals surface area contributed by atoms with Crippen molar-refractivity contribution in [3.05, 3.63) is 62.4 Å². The summed E-state index contributed by atoms with van der Waals surface area (Å²) in [5.41, 5.74) is 4.44. The van der Waals surface area contributed by atoms with Crippen LogP contribution in [0.5, 0.6) is 5.75 Å². The van der Waals surface area contributed by atoms with E-state index in [9.17, 15) is 0 Å². The number of halogens is 2. The minimum Gasteiger partial charge on any atom is -0.495 e. The van der Waals surface area contributed by atoms with Crippen molar-refractivity contribution in [2.24, 2.45) is 0 Å². The molecule has 1 heterocycles. The van der Waals surface area contributed by atoms with Gasteiger partial charge in [0.05, 0.1) is 22.8 Å². The number of hydrogen-bond donors (Lipinski definition) is 0. The summed E-state index contributed by atoms with van der Waals surface area (Å²) in [5, 5.41) is 2.12. The van der Waals surface area contributed by atoms with E-state index < -0.39 is 0 Å². The van der Waals surface area contributed by atoms with E-state index in [4.69, 9.17) is 32.9 Å². The van der Waals surface area contributed by atoms with Crippen LogP contribution in [0, 0.1) is 6.92 Å². The Morgan fingerprint density at radius 3 is 2.53 bits per heavy atom. The number of aryl methyl sites for hydroxylation is 1. The average Bonchev–Trinajstić information content (AvgIpc) is 3.12. The van der Waals surface area contributed by atoms with Crippen LogP contribution < -0.4 is 9.64 Å². The van der Waals surface area contributed by atoms with Crippen molar-refractivity contribution in [3.63, 3.8) is 0 Å². The molecule has 1 aromatic heterocycles. The molecule has 0 saturated heterocycles. The highest BCUT2D eigenvalue weighted by atomic mass is 35.5. The number of ether oxygens (including phenoxy) is 1. The molecular weight excluding hydrogens is 455 g/mol. The van der Waals surface area contributed by atoms with Crippen molar-refractivity contribution in [2.75, 3.05) is 24.8 Å². The minimum atomic E-state index is 0.530. The van der Waals surface area contributed by atoms with E-state index in [1.165, 1.54) is 11.1 Å². The van der Waals surface area contributed by atoms with Gasteiger partial charge in [0.25, 0.3) is 0 Å². The zero-order chi connectivity index (χ0) is 21.7. The molecule has 7 heteroatoms. The quantitative estimate of drug-likeness (QED) is 0.313. The summed E-state index contributed by atoms with van der Waals surface area (Å²) in [5.74, 6) is 1.58. The van der Waals surface area contributed by atoms with E-state index in [2.05, 4.69) is 49.3 Å². The summed E-state index contributed by atoms with van der Waals surface area (Å²) in [7, 11) is 1.58. The van der Waals surface area contributed by atoms with Gasteiger partial charge in [-0.2, -0.15) is 11.8 Å². The minimum absolute atomic E-state index is 0.530. The summed E-state index contributed by atoms with van der Waals surface area (Å²) < 4.78 is 5.28. The van der Waals surface area contributed by atoms with Crippen molar-refractivity contribution >= 4 is 51.4 Å². The molecule has 0 aliphatic rings. The van der Waals surface area contributed by atoms with Crippen molar-refractivity contribution in [3.8, 4) is 17.0 Å². The van der Waals surface area contributed by atoms with Crippen LogP contribution in [-0.2, 0) is 12.3 Å². The molecule has 3 rings (SSSR count). The maximum atomic E-state index is 6.53. The third-order valence-corrected chi connectivity index (χ3v) is 7.06. The highest BCUT2D eigenvalue weighted by Crippen LogP contribution is 2.40. The highest BCUT2D eigenvalue weighted by Gasteiger charge is 2.19. The monoisotopic (exact) mass is 480 g/mol. The molecule has 0 saturated carbocycles. The molecular formula is C23H26Cl2N2OS2. The molecule has 3 aromatic rings. The van der Waals surface area contributed by atoms with Gasteiger partial charge in [-0.25, -0.2) is 4.98 Å². The van der Waals surface area contributed by atoms with Gasteiger partial charge in [0, 0.05) is 35.3 Å². The molecule has 0 bridgehead atoms. The molecule has 0 atom stereocenters. The van der Waals surface area contributed by atoms with Crippen LogP contribution in [0.2, 0.25) is 10.0 Å². The topological polar surface area (TPSA) is 25.4 Å². The smallest absolute Gasteiger partial charge is 0.186 e. The van der Waals surface area contributed by atoms with Crippen LogP contribution in [0.4, 0.5) is 5.13 Å². The van der Waals surface area contributed by atoms with E-state index >= 15 is 0 Å². The molecule has 0 fully saturated rings. The van der Waals surface area contributed by atoms with Gasteiger partial charge in [-0.1, -0.05) is 54.4 Å². The number of anilines is 1. The molecule has 2 aromatic carbocycles. The highest BCUT2D eigenvalue weighted by molar-refractivity contribution is 7.97. The van der Waals surface area contributed by atoms with Gasteiger partial charge in [0.1, 0.15) is 5.75 Å². The number of benzene rings is 2. The second-order valence-electron chi connectivity index (χ2n) is 6.99. The van der Waals surface area contributed by atoms with E-state index in [0.29, 0.717) is 15.8 Å². The third-order valence-electron chi connectivity index (χ3n) is 4.83. The Hall–Kier alpha value is -1.40. The van der Waals surface area contributed by atoms with Crippen LogP contribution >= 0.6 is 46.3 Å². The number of methoxy groups -OCH3 is 1. The summed E-state index contributed by atoms with van der Waals surface area (Å²) >= 11 is 16.4. The van der Waals surface area contributed by atoms with Gasteiger partial charge in [-0.05, 0) is 36.8 Å². The number of rotatable bonds is 9. The Balaban J connectivity index is 1.96. The number of aromatic nitrogens is 1. The van der Waals surface area contributed by atoms with Gasteiger partial charge in [0.2, 0.25) is 0 Å². The predicted molar refractivity (Wildman–Crippen MR) is 134 cm³/mol. The SMILES string of the molecule is CCCN(Cc1ccccc1CSC)c1nc(-c2cc(Cl)c(OC)cc2Cl)c(C)s1. The Morgan fingerprint density at radius 2 is 1.87 bits per heavy atom. The van der Waals surface area contributed by atoms with Gasteiger partial charge < -0.3 is 9.64 Å². The van der Waals surface area contributed by atoms with Crippen molar-refractivity contribution < 1.29 is 4.74 Å². The van der Waals surface area contributed by atoms with Crippen LogP contribution in [-0.4, -0.2) is 24.9 Å². The summed E-state index contributed by atoms with van der Waals surface area (Å²) in [4.78, 5) is 8.46. The molecule has 0 aliphatic heterocycles. The lowest BCUT2D eigenvalue weighted by Gasteiger charge is -2.22. The maximum absolute atomic E-state index is 6.53. The first-order valence-corrected chi connectivity index (χ1v) is 12.8. The second kappa shape index (κ2) is 10.8. The first-order chi connectivity index (χ1) is 14.5. The molecule has 30 heavy (non-hydrogen) atoms. The van der Waals surface area contributed by atoms with Gasteiger partial charge >= 0.3 is 0 Å². The van der Waals surface area contributed by atoms with Crippen LogP contribution in [0.15, 0.2) is 36.4 Å². The van der Waals surface area contributed by atoms with Crippen molar-refractivity contribution in [1.29, 1.82) is 0 Å². The van der Waals surface area contributed by atoms with E-state index in [0.717, 1.165) is 46.5 Å². The Labute approximate surface area is 197 Å². The predicted octanol–water partition coefficient (Wildman–Crippen LogP) is 7.71. The third kappa shape index (κ3) is 5.25. The fourth-order valence-electron chi connectivity index (χ4n) is 3.36. The average molecular weight is 482 g/mol. The molecule has 0 N–H and O–H groups in total. The zero-order valence-corrected chi connectivity index (χ0v) is 20.8. The number of thioether (sulfide) groups is 1. The van der Waals surface area contributed by atoms with Crippen molar-refractivity contribution in [2.45, 2.75) is 32.6 Å². The van der Waals surface area contributed by atoms with Gasteiger partial charge in [0.15, 0.2) is 5.13 Å². The molecule has 3 nitrogen and oxygen atoms in total. The molecule has 0 unspecified atom stereocenters. The number of hydrogen-bond acceptors (Lipinski definition) is 5. The fraction of sp³-hybridized carbons (Fsp3) is 0.348. The lowest BCUT2D eigenvalue weighted by atomic mass is 10.1. The molecule has 0 radical (unpaired) electrons. The second-order valence-corrected chi connectivity index (χ2v) is 9.85. The molecule has 0 spiro atoms. The standard InChI is InChI=1S/C23H26Cl2N2OS2/c1-5-10-27(13-16-8-6-7-9-17(16)14-29-4)23-26-22(15(2)30-23)18-11-20(25)21(28-3)12-19(18)24/h6-9,11-12H,5,10,13-14H2,1-4H3. The fourth-order valence-corrected chi connectivity index (χ4v) is 5.38. The van der Waals surface area contributed by atoms with E-state index in [1.807, 2.05) is 17.8 Å². The number of nitrogens with zero attached hydrogens (tertiary/aromatic N) is 2. The number of thiazole rings is 1. The van der Waals surface area contributed by atoms with Crippen LogP contribution in [0.3, 0.4) is 0 Å². The van der Waals surface area contributed by atoms with Crippen molar-refractivity contribution in [1.82, 2.24) is 4.98 Å². The van der Waals surface area contributed by atoms with E-state index in [1.54, 1.807) is 24.5 Å². The van der Waals surface area contributed by atoms with E-state index in [-0.39, 0.29) is 0 Å². The van der Waals surface area contributed by atoms with Gasteiger partial charge in [-0.15, -0.1) is 11.3 Å². The first-order valence-electron chi connectivity index (χ1n) is 9.80. The Bertz CT molecular complexity index is 1010.